The van der Waals surface area contributed by atoms with Crippen LogP contribution in [0.25, 0.3) is 0 Å². The maximum atomic E-state index is 9.46. The Kier molecular flexibility index (Phi) is 2.70. The molecule has 0 unspecified atom stereocenters. The van der Waals surface area contributed by atoms with E-state index in [-0.39, 0.29) is 5.41 Å². The summed E-state index contributed by atoms with van der Waals surface area (Å²) in [6, 6.07) is 0. The van der Waals surface area contributed by atoms with Crippen LogP contribution < -0.4 is 0 Å². The van der Waals surface area contributed by atoms with Gasteiger partial charge in [0.05, 0.1) is 0 Å². The number of allylic oxidation sites excluding steroid dienone is 3. The van der Waals surface area contributed by atoms with Gasteiger partial charge in [-0.1, -0.05) is 33.4 Å². The van der Waals surface area contributed by atoms with Gasteiger partial charge >= 0.3 is 0 Å². The maximum absolute atomic E-state index is 9.46. The van der Waals surface area contributed by atoms with Gasteiger partial charge in [-0.15, -0.1) is 0 Å². The van der Waals surface area contributed by atoms with Crippen LogP contribution >= 0.6 is 0 Å². The molecule has 0 aliphatic heterocycles. The summed E-state index contributed by atoms with van der Waals surface area (Å²) < 4.78 is 0. The summed E-state index contributed by atoms with van der Waals surface area (Å²) in [6.07, 6.45) is 1.67. The lowest BCUT2D eigenvalue weighted by Gasteiger charge is -2.18. The minimum absolute atomic E-state index is 0.154. The largest absolute Gasteiger partial charge is 0.511 e. The molecule has 1 N–H and O–H groups in total. The SMILES string of the molecule is C=C/C(C)=C(\O)C(C)(C)C. The third kappa shape index (κ3) is 2.26. The van der Waals surface area contributed by atoms with Crippen LogP contribution in [-0.4, -0.2) is 5.11 Å². The fraction of sp³-hybridized carbons (Fsp3) is 0.556. The van der Waals surface area contributed by atoms with Crippen LogP contribution in [0.3, 0.4) is 0 Å². The van der Waals surface area contributed by atoms with E-state index in [0.717, 1.165) is 5.57 Å². The smallest absolute Gasteiger partial charge is 0.100 e. The zero-order valence-corrected chi connectivity index (χ0v) is 7.23. The molecular formula is C9H16O. The lowest BCUT2D eigenvalue weighted by atomic mass is 9.91. The summed E-state index contributed by atoms with van der Waals surface area (Å²) in [4.78, 5) is 0. The first-order chi connectivity index (χ1) is 4.39. The molecule has 0 aliphatic carbocycles. The van der Waals surface area contributed by atoms with Crippen molar-refractivity contribution in [2.45, 2.75) is 27.7 Å². The molecule has 0 radical (unpaired) electrons. The molecule has 0 rings (SSSR count). The Labute approximate surface area is 63.1 Å². The fourth-order valence-electron chi connectivity index (χ4n) is 0.688. The van der Waals surface area contributed by atoms with Crippen molar-refractivity contribution in [2.24, 2.45) is 5.41 Å². The second kappa shape index (κ2) is 2.91. The Morgan fingerprint density at radius 1 is 1.40 bits per heavy atom. The monoisotopic (exact) mass is 140 g/mol. The van der Waals surface area contributed by atoms with Crippen molar-refractivity contribution in [1.29, 1.82) is 0 Å². The molecule has 0 saturated heterocycles. The van der Waals surface area contributed by atoms with E-state index in [1.54, 1.807) is 6.08 Å². The first kappa shape index (κ1) is 9.28. The molecule has 0 aromatic carbocycles. The van der Waals surface area contributed by atoms with E-state index in [2.05, 4.69) is 6.58 Å². The number of hydrogen-bond acceptors (Lipinski definition) is 1. The molecule has 0 aliphatic rings. The first-order valence-corrected chi connectivity index (χ1v) is 3.42. The molecule has 0 fully saturated rings. The molecule has 0 aromatic heterocycles. The van der Waals surface area contributed by atoms with Gasteiger partial charge in [-0.2, -0.15) is 0 Å². The van der Waals surface area contributed by atoms with Crippen molar-refractivity contribution in [3.63, 3.8) is 0 Å². The van der Waals surface area contributed by atoms with Crippen LogP contribution in [-0.2, 0) is 0 Å². The topological polar surface area (TPSA) is 20.2 Å². The van der Waals surface area contributed by atoms with Crippen molar-refractivity contribution in [1.82, 2.24) is 0 Å². The van der Waals surface area contributed by atoms with E-state index in [1.807, 2.05) is 27.7 Å². The van der Waals surface area contributed by atoms with Crippen LogP contribution in [0, 0.1) is 5.41 Å². The predicted octanol–water partition coefficient (Wildman–Crippen LogP) is 3.05. The third-order valence-electron chi connectivity index (χ3n) is 1.39. The Balaban J connectivity index is 4.63. The van der Waals surface area contributed by atoms with Gasteiger partial charge in [-0.25, -0.2) is 0 Å². The number of aliphatic hydroxyl groups is 1. The molecule has 0 bridgehead atoms. The van der Waals surface area contributed by atoms with Crippen molar-refractivity contribution < 1.29 is 5.11 Å². The van der Waals surface area contributed by atoms with Gasteiger partial charge in [0.2, 0.25) is 0 Å². The Hall–Kier alpha value is -0.720. The van der Waals surface area contributed by atoms with Gasteiger partial charge in [0.25, 0.3) is 0 Å². The summed E-state index contributed by atoms with van der Waals surface area (Å²) in [6.45, 7) is 11.3. The second-order valence-electron chi connectivity index (χ2n) is 3.49. The summed E-state index contributed by atoms with van der Waals surface area (Å²) >= 11 is 0. The minimum Gasteiger partial charge on any atom is -0.511 e. The van der Waals surface area contributed by atoms with Gasteiger partial charge in [0, 0.05) is 5.41 Å². The van der Waals surface area contributed by atoms with E-state index in [4.69, 9.17) is 0 Å². The summed E-state index contributed by atoms with van der Waals surface area (Å²) in [5, 5.41) is 9.46. The van der Waals surface area contributed by atoms with Gasteiger partial charge in [0.1, 0.15) is 5.76 Å². The molecule has 0 aromatic rings. The highest BCUT2D eigenvalue weighted by Gasteiger charge is 2.16. The minimum atomic E-state index is -0.154. The molecule has 0 spiro atoms. The number of aliphatic hydroxyl groups excluding tert-OH is 1. The average Bonchev–Trinajstić information content (AvgIpc) is 1.83. The van der Waals surface area contributed by atoms with E-state index in [1.165, 1.54) is 0 Å². The van der Waals surface area contributed by atoms with Crippen molar-refractivity contribution in [3.8, 4) is 0 Å². The molecule has 0 amide bonds. The second-order valence-corrected chi connectivity index (χ2v) is 3.49. The van der Waals surface area contributed by atoms with Crippen molar-refractivity contribution in [3.05, 3.63) is 24.0 Å². The fourth-order valence-corrected chi connectivity index (χ4v) is 0.688. The van der Waals surface area contributed by atoms with Gasteiger partial charge in [0.15, 0.2) is 0 Å². The lowest BCUT2D eigenvalue weighted by Crippen LogP contribution is -2.10. The van der Waals surface area contributed by atoms with Crippen LogP contribution in [0.1, 0.15) is 27.7 Å². The highest BCUT2D eigenvalue weighted by atomic mass is 16.3. The van der Waals surface area contributed by atoms with Crippen molar-refractivity contribution in [2.75, 3.05) is 0 Å². The molecule has 10 heavy (non-hydrogen) atoms. The predicted molar refractivity (Wildman–Crippen MR) is 45.0 cm³/mol. The first-order valence-electron chi connectivity index (χ1n) is 3.42. The molecule has 0 heterocycles. The lowest BCUT2D eigenvalue weighted by molar-refractivity contribution is 0.273. The maximum Gasteiger partial charge on any atom is 0.100 e. The normalized spacial score (nSPS) is 14.4. The van der Waals surface area contributed by atoms with E-state index in [9.17, 15) is 5.11 Å². The van der Waals surface area contributed by atoms with Crippen LogP contribution in [0.15, 0.2) is 24.0 Å². The standard InChI is InChI=1S/C9H16O/c1-6-7(2)8(10)9(3,4)5/h6,10H,1H2,2-5H3/b8-7-. The van der Waals surface area contributed by atoms with E-state index >= 15 is 0 Å². The molecule has 1 heteroatoms. The Bertz CT molecular complexity index is 158. The van der Waals surface area contributed by atoms with Crippen LogP contribution in [0.4, 0.5) is 0 Å². The summed E-state index contributed by atoms with van der Waals surface area (Å²) in [5.41, 5.74) is 0.700. The molecule has 0 saturated carbocycles. The molecule has 0 atom stereocenters. The summed E-state index contributed by atoms with van der Waals surface area (Å²) in [7, 11) is 0. The quantitative estimate of drug-likeness (QED) is 0.438. The Morgan fingerprint density at radius 3 is 1.90 bits per heavy atom. The van der Waals surface area contributed by atoms with Crippen LogP contribution in [0.2, 0.25) is 0 Å². The van der Waals surface area contributed by atoms with Crippen LogP contribution in [0.5, 0.6) is 0 Å². The molecule has 58 valence electrons. The van der Waals surface area contributed by atoms with Gasteiger partial charge in [-0.3, -0.25) is 0 Å². The Morgan fingerprint density at radius 2 is 1.80 bits per heavy atom. The highest BCUT2D eigenvalue weighted by Crippen LogP contribution is 2.25. The van der Waals surface area contributed by atoms with E-state index < -0.39 is 0 Å². The van der Waals surface area contributed by atoms with Gasteiger partial charge in [-0.05, 0) is 12.5 Å². The van der Waals surface area contributed by atoms with Gasteiger partial charge < -0.3 is 5.11 Å². The van der Waals surface area contributed by atoms with Crippen molar-refractivity contribution >= 4 is 0 Å². The zero-order valence-electron chi connectivity index (χ0n) is 7.23. The number of hydrogen-bond donors (Lipinski definition) is 1. The molecular weight excluding hydrogens is 124 g/mol. The summed E-state index contributed by atoms with van der Waals surface area (Å²) in [5.74, 6) is 0.419. The molecule has 1 nitrogen and oxygen atoms in total. The number of rotatable bonds is 1. The average molecular weight is 140 g/mol. The highest BCUT2D eigenvalue weighted by molar-refractivity contribution is 5.20. The zero-order chi connectivity index (χ0) is 8.36. The third-order valence-corrected chi connectivity index (χ3v) is 1.39. The van der Waals surface area contributed by atoms with E-state index in [0.29, 0.717) is 5.76 Å².